The lowest BCUT2D eigenvalue weighted by Crippen LogP contribution is -2.36. The van der Waals surface area contributed by atoms with Gasteiger partial charge in [0.2, 0.25) is 0 Å². The van der Waals surface area contributed by atoms with Crippen LogP contribution in [0.15, 0.2) is 18.2 Å². The molecule has 0 heterocycles. The average molecular weight is 251 g/mol. The van der Waals surface area contributed by atoms with Crippen molar-refractivity contribution in [2.24, 2.45) is 5.92 Å². The van der Waals surface area contributed by atoms with E-state index in [1.807, 2.05) is 19.1 Å². The van der Waals surface area contributed by atoms with Gasteiger partial charge in [0.05, 0.1) is 13.2 Å². The molecule has 1 aliphatic rings. The van der Waals surface area contributed by atoms with Gasteiger partial charge in [0.1, 0.15) is 11.5 Å². The smallest absolute Gasteiger partial charge is 0.124 e. The van der Waals surface area contributed by atoms with Gasteiger partial charge in [0.15, 0.2) is 0 Å². The summed E-state index contributed by atoms with van der Waals surface area (Å²) in [5, 5.41) is 22.5. The number of benzene rings is 1. The van der Waals surface area contributed by atoms with Gasteiger partial charge in [-0.25, -0.2) is 0 Å². The molecule has 1 aromatic carbocycles. The van der Waals surface area contributed by atoms with E-state index in [2.05, 4.69) is 5.32 Å². The molecule has 1 atom stereocenters. The van der Waals surface area contributed by atoms with E-state index in [0.717, 1.165) is 24.9 Å². The minimum atomic E-state index is -0.110. The average Bonchev–Trinajstić information content (AvgIpc) is 2.32. The SMILES string of the molecule is COc1ccc(C(C)NCC2CC(O)C2)c(O)c1. The van der Waals surface area contributed by atoms with Gasteiger partial charge in [-0.05, 0) is 38.3 Å². The van der Waals surface area contributed by atoms with Crippen LogP contribution in [0.1, 0.15) is 31.4 Å². The van der Waals surface area contributed by atoms with Crippen molar-refractivity contribution in [3.8, 4) is 11.5 Å². The number of aliphatic hydroxyl groups excluding tert-OH is 1. The second-order valence-corrected chi connectivity index (χ2v) is 5.05. The number of methoxy groups -OCH3 is 1. The molecule has 0 aromatic heterocycles. The molecule has 1 saturated carbocycles. The minimum absolute atomic E-state index is 0.0913. The van der Waals surface area contributed by atoms with Crippen LogP contribution in [0.5, 0.6) is 11.5 Å². The minimum Gasteiger partial charge on any atom is -0.507 e. The molecule has 1 fully saturated rings. The van der Waals surface area contributed by atoms with Crippen LogP contribution in [0.2, 0.25) is 0 Å². The van der Waals surface area contributed by atoms with E-state index in [9.17, 15) is 10.2 Å². The number of ether oxygens (including phenoxy) is 1. The van der Waals surface area contributed by atoms with Crippen LogP contribution in [0, 0.1) is 5.92 Å². The second kappa shape index (κ2) is 5.59. The third-order valence-corrected chi connectivity index (χ3v) is 3.63. The van der Waals surface area contributed by atoms with E-state index in [1.54, 1.807) is 13.2 Å². The summed E-state index contributed by atoms with van der Waals surface area (Å²) in [6, 6.07) is 5.44. The van der Waals surface area contributed by atoms with Gasteiger partial charge in [-0.1, -0.05) is 6.07 Å². The van der Waals surface area contributed by atoms with Crippen LogP contribution >= 0.6 is 0 Å². The van der Waals surface area contributed by atoms with Crippen LogP contribution < -0.4 is 10.1 Å². The highest BCUT2D eigenvalue weighted by molar-refractivity contribution is 5.41. The Morgan fingerprint density at radius 3 is 2.72 bits per heavy atom. The Bertz CT molecular complexity index is 402. The fourth-order valence-corrected chi connectivity index (χ4v) is 2.34. The van der Waals surface area contributed by atoms with E-state index in [0.29, 0.717) is 11.7 Å². The van der Waals surface area contributed by atoms with Crippen molar-refractivity contribution < 1.29 is 14.9 Å². The zero-order valence-electron chi connectivity index (χ0n) is 10.9. The Morgan fingerprint density at radius 1 is 1.44 bits per heavy atom. The second-order valence-electron chi connectivity index (χ2n) is 5.05. The van der Waals surface area contributed by atoms with Crippen molar-refractivity contribution >= 4 is 0 Å². The Balaban J connectivity index is 1.89. The number of rotatable bonds is 5. The number of hydrogen-bond donors (Lipinski definition) is 3. The molecule has 0 spiro atoms. The fourth-order valence-electron chi connectivity index (χ4n) is 2.34. The molecule has 0 aliphatic heterocycles. The van der Waals surface area contributed by atoms with Crippen molar-refractivity contribution in [2.45, 2.75) is 31.9 Å². The van der Waals surface area contributed by atoms with Crippen molar-refractivity contribution in [1.82, 2.24) is 5.32 Å². The third-order valence-electron chi connectivity index (χ3n) is 3.63. The summed E-state index contributed by atoms with van der Waals surface area (Å²) >= 11 is 0. The number of aromatic hydroxyl groups is 1. The summed E-state index contributed by atoms with van der Waals surface area (Å²) in [6.45, 7) is 2.90. The zero-order valence-corrected chi connectivity index (χ0v) is 10.9. The van der Waals surface area contributed by atoms with Crippen LogP contribution in [0.3, 0.4) is 0 Å². The predicted molar refractivity (Wildman–Crippen MR) is 69.8 cm³/mol. The fraction of sp³-hybridized carbons (Fsp3) is 0.571. The maximum atomic E-state index is 9.91. The third kappa shape index (κ3) is 2.94. The molecule has 1 aliphatic carbocycles. The molecule has 3 N–H and O–H groups in total. The van der Waals surface area contributed by atoms with Crippen molar-refractivity contribution in [3.05, 3.63) is 23.8 Å². The summed E-state index contributed by atoms with van der Waals surface area (Å²) in [6.07, 6.45) is 1.66. The molecule has 18 heavy (non-hydrogen) atoms. The van der Waals surface area contributed by atoms with E-state index >= 15 is 0 Å². The summed E-state index contributed by atoms with van der Waals surface area (Å²) < 4.78 is 5.06. The van der Waals surface area contributed by atoms with Crippen LogP contribution in [-0.4, -0.2) is 30.0 Å². The molecular weight excluding hydrogens is 230 g/mol. The largest absolute Gasteiger partial charge is 0.507 e. The maximum Gasteiger partial charge on any atom is 0.124 e. The highest BCUT2D eigenvalue weighted by atomic mass is 16.5. The molecule has 4 nitrogen and oxygen atoms in total. The predicted octanol–water partition coefficient (Wildman–Crippen LogP) is 1.82. The van der Waals surface area contributed by atoms with Gasteiger partial charge in [-0.2, -0.15) is 0 Å². The van der Waals surface area contributed by atoms with Crippen LogP contribution in [-0.2, 0) is 0 Å². The number of phenolic OH excluding ortho intramolecular Hbond substituents is 1. The molecule has 0 radical (unpaired) electrons. The summed E-state index contributed by atoms with van der Waals surface area (Å²) in [7, 11) is 1.58. The number of phenols is 1. The first kappa shape index (κ1) is 13.2. The maximum absolute atomic E-state index is 9.91. The molecule has 0 bridgehead atoms. The van der Waals surface area contributed by atoms with Gasteiger partial charge in [0, 0.05) is 17.7 Å². The highest BCUT2D eigenvalue weighted by Crippen LogP contribution is 2.30. The van der Waals surface area contributed by atoms with Gasteiger partial charge in [0.25, 0.3) is 0 Å². The Hall–Kier alpha value is -1.26. The summed E-state index contributed by atoms with van der Waals surface area (Å²) in [4.78, 5) is 0. The molecule has 0 amide bonds. The van der Waals surface area contributed by atoms with Gasteiger partial charge < -0.3 is 20.3 Å². The van der Waals surface area contributed by atoms with Gasteiger partial charge in [-0.15, -0.1) is 0 Å². The molecular formula is C14H21NO3. The molecule has 2 rings (SSSR count). The molecule has 100 valence electrons. The number of nitrogens with one attached hydrogen (secondary N) is 1. The first-order valence-electron chi connectivity index (χ1n) is 6.38. The van der Waals surface area contributed by atoms with E-state index < -0.39 is 0 Å². The topological polar surface area (TPSA) is 61.7 Å². The summed E-state index contributed by atoms with van der Waals surface area (Å²) in [5.41, 5.74) is 0.871. The number of hydrogen-bond acceptors (Lipinski definition) is 4. The van der Waals surface area contributed by atoms with Gasteiger partial charge in [-0.3, -0.25) is 0 Å². The van der Waals surface area contributed by atoms with E-state index in [1.165, 1.54) is 0 Å². The molecule has 0 saturated heterocycles. The first-order chi connectivity index (χ1) is 8.60. The lowest BCUT2D eigenvalue weighted by Gasteiger charge is -2.32. The van der Waals surface area contributed by atoms with E-state index in [-0.39, 0.29) is 17.9 Å². The standard InChI is InChI=1S/C14H21NO3/c1-9(15-8-10-5-11(16)6-10)13-4-3-12(18-2)7-14(13)17/h3-4,7,9-11,15-17H,5-6,8H2,1-2H3. The lowest BCUT2D eigenvalue weighted by molar-refractivity contribution is 0.0420. The van der Waals surface area contributed by atoms with Crippen molar-refractivity contribution in [1.29, 1.82) is 0 Å². The van der Waals surface area contributed by atoms with Crippen molar-refractivity contribution in [3.63, 3.8) is 0 Å². The molecule has 1 unspecified atom stereocenters. The van der Waals surface area contributed by atoms with Crippen LogP contribution in [0.25, 0.3) is 0 Å². The zero-order chi connectivity index (χ0) is 13.1. The summed E-state index contributed by atoms with van der Waals surface area (Å²) in [5.74, 6) is 1.47. The molecule has 4 heteroatoms. The monoisotopic (exact) mass is 251 g/mol. The van der Waals surface area contributed by atoms with Crippen LogP contribution in [0.4, 0.5) is 0 Å². The first-order valence-corrected chi connectivity index (χ1v) is 6.38. The van der Waals surface area contributed by atoms with Crippen molar-refractivity contribution in [2.75, 3.05) is 13.7 Å². The highest BCUT2D eigenvalue weighted by Gasteiger charge is 2.27. The quantitative estimate of drug-likeness (QED) is 0.747. The Kier molecular flexibility index (Phi) is 4.09. The van der Waals surface area contributed by atoms with E-state index in [4.69, 9.17) is 4.74 Å². The normalized spacial score (nSPS) is 24.4. The number of aliphatic hydroxyl groups is 1. The lowest BCUT2D eigenvalue weighted by atomic mass is 9.82. The Labute approximate surface area is 108 Å². The molecule has 1 aromatic rings. The van der Waals surface area contributed by atoms with Gasteiger partial charge >= 0.3 is 0 Å². The Morgan fingerprint density at radius 2 is 2.17 bits per heavy atom.